The van der Waals surface area contributed by atoms with Crippen LogP contribution in [0.2, 0.25) is 0 Å². The Morgan fingerprint density at radius 3 is 1.84 bits per heavy atom. The number of hydrogen-bond acceptors (Lipinski definition) is 4. The van der Waals surface area contributed by atoms with E-state index < -0.39 is 0 Å². The van der Waals surface area contributed by atoms with E-state index in [1.807, 2.05) is 72.8 Å². The van der Waals surface area contributed by atoms with Crippen molar-refractivity contribution in [3.63, 3.8) is 0 Å². The molecule has 5 aromatic carbocycles. The number of imide groups is 1. The smallest absolute Gasteiger partial charge is 0.265 e. The number of hydrogen-bond donors (Lipinski definition) is 0. The topological polar surface area (TPSA) is 53.0 Å². The van der Waals surface area contributed by atoms with Crippen molar-refractivity contribution in [3.8, 4) is 0 Å². The Bertz CT molecular complexity index is 1680. The highest BCUT2D eigenvalue weighted by Crippen LogP contribution is 2.37. The van der Waals surface area contributed by atoms with Crippen molar-refractivity contribution in [2.24, 2.45) is 5.10 Å². The number of carbonyl (C=O) groups excluding carboxylic acids is 2. The lowest BCUT2D eigenvalue weighted by Crippen LogP contribution is -2.40. The van der Waals surface area contributed by atoms with Crippen LogP contribution < -0.4 is 9.91 Å². The Morgan fingerprint density at radius 2 is 1.21 bits per heavy atom. The molecule has 0 saturated heterocycles. The SMILES string of the molecule is O=C1c2cccc3cccc(c23)C(=O)N1c1ccc(C2=NN(c3ccccc3)C(c3ccccc3)C2)cc1. The van der Waals surface area contributed by atoms with Crippen molar-refractivity contribution in [3.05, 3.63) is 144 Å². The predicted octanol–water partition coefficient (Wildman–Crippen LogP) is 7.00. The maximum absolute atomic E-state index is 13.4. The molecule has 0 aromatic heterocycles. The molecular weight excluding hydrogens is 470 g/mol. The van der Waals surface area contributed by atoms with Crippen molar-refractivity contribution >= 4 is 39.7 Å². The van der Waals surface area contributed by atoms with E-state index in [2.05, 4.69) is 41.4 Å². The van der Waals surface area contributed by atoms with Crippen molar-refractivity contribution in [2.75, 3.05) is 9.91 Å². The lowest BCUT2D eigenvalue weighted by Gasteiger charge is -2.27. The summed E-state index contributed by atoms with van der Waals surface area (Å²) in [6, 6.07) is 39.4. The summed E-state index contributed by atoms with van der Waals surface area (Å²) < 4.78 is 0. The predicted molar refractivity (Wildman–Crippen MR) is 151 cm³/mol. The maximum Gasteiger partial charge on any atom is 0.265 e. The highest BCUT2D eigenvalue weighted by molar-refractivity contribution is 6.35. The average Bonchev–Trinajstić information content (AvgIpc) is 3.43. The monoisotopic (exact) mass is 493 g/mol. The third-order valence-electron chi connectivity index (χ3n) is 7.35. The molecule has 5 nitrogen and oxygen atoms in total. The van der Waals surface area contributed by atoms with Gasteiger partial charge in [0.25, 0.3) is 11.8 Å². The zero-order valence-electron chi connectivity index (χ0n) is 20.5. The molecule has 0 spiro atoms. The summed E-state index contributed by atoms with van der Waals surface area (Å²) in [7, 11) is 0. The molecule has 1 unspecified atom stereocenters. The van der Waals surface area contributed by atoms with Crippen LogP contribution >= 0.6 is 0 Å². The third-order valence-corrected chi connectivity index (χ3v) is 7.35. The second-order valence-corrected chi connectivity index (χ2v) is 9.56. The van der Waals surface area contributed by atoms with Crippen LogP contribution in [0, 0.1) is 0 Å². The molecule has 0 radical (unpaired) electrons. The van der Waals surface area contributed by atoms with Crippen molar-refractivity contribution < 1.29 is 9.59 Å². The van der Waals surface area contributed by atoms with E-state index in [0.717, 1.165) is 34.2 Å². The number of para-hydroxylation sites is 1. The average molecular weight is 494 g/mol. The van der Waals surface area contributed by atoms with Crippen molar-refractivity contribution in [1.29, 1.82) is 0 Å². The molecule has 2 aliphatic heterocycles. The summed E-state index contributed by atoms with van der Waals surface area (Å²) in [5.74, 6) is -0.602. The van der Waals surface area contributed by atoms with Gasteiger partial charge >= 0.3 is 0 Å². The van der Waals surface area contributed by atoms with Crippen LogP contribution in [-0.4, -0.2) is 17.5 Å². The number of benzene rings is 5. The molecule has 182 valence electrons. The highest BCUT2D eigenvalue weighted by Gasteiger charge is 2.34. The summed E-state index contributed by atoms with van der Waals surface area (Å²) >= 11 is 0. The molecule has 5 heteroatoms. The summed E-state index contributed by atoms with van der Waals surface area (Å²) in [6.07, 6.45) is 0.745. The normalized spacial score (nSPS) is 16.7. The third kappa shape index (κ3) is 3.51. The number of rotatable bonds is 4. The quantitative estimate of drug-likeness (QED) is 0.253. The number of amides is 2. The maximum atomic E-state index is 13.4. The summed E-state index contributed by atoms with van der Waals surface area (Å²) in [4.78, 5) is 28.1. The lowest BCUT2D eigenvalue weighted by atomic mass is 9.93. The molecule has 2 heterocycles. The number of nitrogens with zero attached hydrogens (tertiary/aromatic N) is 3. The molecule has 0 aliphatic carbocycles. The summed E-state index contributed by atoms with van der Waals surface area (Å²) in [6.45, 7) is 0. The Hall–Kier alpha value is -5.03. The Morgan fingerprint density at radius 1 is 0.605 bits per heavy atom. The van der Waals surface area contributed by atoms with E-state index >= 15 is 0 Å². The zero-order chi connectivity index (χ0) is 25.6. The fraction of sp³-hybridized carbons (Fsp3) is 0.0606. The van der Waals surface area contributed by atoms with E-state index in [1.165, 1.54) is 10.5 Å². The molecule has 0 bridgehead atoms. The van der Waals surface area contributed by atoms with Crippen LogP contribution in [0.4, 0.5) is 11.4 Å². The van der Waals surface area contributed by atoms with Gasteiger partial charge in [0.1, 0.15) is 0 Å². The first-order chi connectivity index (χ1) is 18.7. The van der Waals surface area contributed by atoms with Gasteiger partial charge in [-0.3, -0.25) is 14.6 Å². The Kier molecular flexibility index (Phi) is 5.15. The number of anilines is 2. The van der Waals surface area contributed by atoms with Gasteiger partial charge in [-0.25, -0.2) is 4.90 Å². The van der Waals surface area contributed by atoms with Gasteiger partial charge in [0.2, 0.25) is 0 Å². The van der Waals surface area contributed by atoms with Crippen LogP contribution in [0.25, 0.3) is 10.8 Å². The Balaban J connectivity index is 1.23. The van der Waals surface area contributed by atoms with Crippen molar-refractivity contribution in [2.45, 2.75) is 12.5 Å². The van der Waals surface area contributed by atoms with Gasteiger partial charge in [-0.05, 0) is 52.9 Å². The van der Waals surface area contributed by atoms with Gasteiger partial charge in [0.05, 0.1) is 23.1 Å². The molecular formula is C33H23N3O2. The van der Waals surface area contributed by atoms with Gasteiger partial charge < -0.3 is 0 Å². The van der Waals surface area contributed by atoms with Gasteiger partial charge in [0.15, 0.2) is 0 Å². The van der Waals surface area contributed by atoms with E-state index in [0.29, 0.717) is 16.8 Å². The molecule has 2 amide bonds. The van der Waals surface area contributed by atoms with Crippen LogP contribution in [0.3, 0.4) is 0 Å². The fourth-order valence-corrected chi connectivity index (χ4v) is 5.51. The molecule has 5 aromatic rings. The van der Waals surface area contributed by atoms with Gasteiger partial charge in [0, 0.05) is 22.9 Å². The first-order valence-electron chi connectivity index (χ1n) is 12.7. The van der Waals surface area contributed by atoms with Gasteiger partial charge in [-0.1, -0.05) is 84.9 Å². The van der Waals surface area contributed by atoms with E-state index in [4.69, 9.17) is 5.10 Å². The second-order valence-electron chi connectivity index (χ2n) is 9.56. The van der Waals surface area contributed by atoms with E-state index in [-0.39, 0.29) is 17.9 Å². The molecule has 2 aliphatic rings. The summed E-state index contributed by atoms with van der Waals surface area (Å²) in [5.41, 5.74) is 5.80. The zero-order valence-corrected chi connectivity index (χ0v) is 20.5. The largest absolute Gasteiger partial charge is 0.268 e. The van der Waals surface area contributed by atoms with Gasteiger partial charge in [-0.15, -0.1) is 0 Å². The van der Waals surface area contributed by atoms with Crippen LogP contribution in [0.15, 0.2) is 126 Å². The molecule has 1 atom stereocenters. The Labute approximate surface area is 220 Å². The van der Waals surface area contributed by atoms with Crippen LogP contribution in [-0.2, 0) is 0 Å². The molecule has 0 N–H and O–H groups in total. The minimum atomic E-state index is -0.301. The highest BCUT2D eigenvalue weighted by atomic mass is 16.2. The molecule has 0 fully saturated rings. The minimum Gasteiger partial charge on any atom is -0.268 e. The van der Waals surface area contributed by atoms with Crippen molar-refractivity contribution in [1.82, 2.24) is 0 Å². The van der Waals surface area contributed by atoms with E-state index in [9.17, 15) is 9.59 Å². The van der Waals surface area contributed by atoms with Crippen LogP contribution in [0.1, 0.15) is 44.3 Å². The lowest BCUT2D eigenvalue weighted by molar-refractivity contribution is 0.0893. The number of hydrazone groups is 1. The first-order valence-corrected chi connectivity index (χ1v) is 12.7. The summed E-state index contributed by atoms with van der Waals surface area (Å²) in [5, 5.41) is 8.72. The first kappa shape index (κ1) is 22.2. The second kappa shape index (κ2) is 8.82. The minimum absolute atomic E-state index is 0.0792. The number of carbonyl (C=O) groups is 2. The molecule has 7 rings (SSSR count). The molecule has 0 saturated carbocycles. The standard InChI is InChI=1S/C33H23N3O2/c37-32-27-15-7-11-24-12-8-16-28(31(24)27)33(38)35(32)25-19-17-22(18-20-25)29-21-30(23-9-3-1-4-10-23)36(34-29)26-13-5-2-6-14-26/h1-20,30H,21H2. The van der Waals surface area contributed by atoms with Crippen LogP contribution in [0.5, 0.6) is 0 Å². The van der Waals surface area contributed by atoms with E-state index in [1.54, 1.807) is 12.1 Å². The van der Waals surface area contributed by atoms with Gasteiger partial charge in [-0.2, -0.15) is 5.10 Å². The fourth-order valence-electron chi connectivity index (χ4n) is 5.51. The molecule has 38 heavy (non-hydrogen) atoms.